The number of rotatable bonds is 5. The van der Waals surface area contributed by atoms with E-state index in [1.54, 1.807) is 0 Å². The van der Waals surface area contributed by atoms with E-state index in [9.17, 15) is 0 Å². The molecule has 0 aliphatic carbocycles. The zero-order valence-electron chi connectivity index (χ0n) is 13.0. The largest absolute Gasteiger partial charge is 0.457 e. The molecule has 0 saturated heterocycles. The lowest BCUT2D eigenvalue weighted by Crippen LogP contribution is -2.06. The number of aryl methyl sites for hydroxylation is 1. The molecule has 2 aromatic carbocycles. The van der Waals surface area contributed by atoms with Gasteiger partial charge in [0.05, 0.1) is 0 Å². The van der Waals surface area contributed by atoms with Crippen molar-refractivity contribution in [3.63, 3.8) is 0 Å². The SMILES string of the molecule is CNCc1ccccc1Oc1cc(C(C)C)c(Cl)cc1C. The predicted octanol–water partition coefficient (Wildman–Crippen LogP) is 5.28. The minimum atomic E-state index is 0.369. The Morgan fingerprint density at radius 3 is 2.52 bits per heavy atom. The number of nitrogens with one attached hydrogen (secondary N) is 1. The van der Waals surface area contributed by atoms with Gasteiger partial charge in [0.2, 0.25) is 0 Å². The molecule has 2 rings (SSSR count). The summed E-state index contributed by atoms with van der Waals surface area (Å²) in [5.41, 5.74) is 3.30. The molecule has 0 aliphatic rings. The Morgan fingerprint density at radius 1 is 1.14 bits per heavy atom. The second-order valence-corrected chi connectivity index (χ2v) is 5.94. The number of para-hydroxylation sites is 1. The second-order valence-electron chi connectivity index (χ2n) is 5.53. The third-order valence-electron chi connectivity index (χ3n) is 3.48. The third-order valence-corrected chi connectivity index (χ3v) is 3.80. The molecule has 0 fully saturated rings. The molecule has 0 aliphatic heterocycles. The Bertz CT molecular complexity index is 623. The van der Waals surface area contributed by atoms with Crippen LogP contribution in [0.3, 0.4) is 0 Å². The van der Waals surface area contributed by atoms with Crippen LogP contribution < -0.4 is 10.1 Å². The van der Waals surface area contributed by atoms with Crippen molar-refractivity contribution in [3.8, 4) is 11.5 Å². The number of hydrogen-bond acceptors (Lipinski definition) is 2. The predicted molar refractivity (Wildman–Crippen MR) is 89.6 cm³/mol. The van der Waals surface area contributed by atoms with Gasteiger partial charge in [-0.15, -0.1) is 0 Å². The van der Waals surface area contributed by atoms with Crippen molar-refractivity contribution in [3.05, 3.63) is 58.1 Å². The fourth-order valence-electron chi connectivity index (χ4n) is 2.28. The van der Waals surface area contributed by atoms with E-state index in [2.05, 4.69) is 31.3 Å². The molecule has 0 saturated carbocycles. The van der Waals surface area contributed by atoms with Crippen LogP contribution in [0.1, 0.15) is 36.5 Å². The highest BCUT2D eigenvalue weighted by atomic mass is 35.5. The van der Waals surface area contributed by atoms with Crippen molar-refractivity contribution in [2.45, 2.75) is 33.2 Å². The summed E-state index contributed by atoms with van der Waals surface area (Å²) >= 11 is 6.31. The lowest BCUT2D eigenvalue weighted by Gasteiger charge is -2.16. The molecule has 0 heterocycles. The van der Waals surface area contributed by atoms with E-state index in [1.165, 1.54) is 0 Å². The maximum atomic E-state index is 6.31. The molecule has 112 valence electrons. The zero-order chi connectivity index (χ0) is 15.4. The monoisotopic (exact) mass is 303 g/mol. The maximum Gasteiger partial charge on any atom is 0.131 e. The van der Waals surface area contributed by atoms with Gasteiger partial charge in [0.25, 0.3) is 0 Å². The van der Waals surface area contributed by atoms with Gasteiger partial charge in [0.15, 0.2) is 0 Å². The van der Waals surface area contributed by atoms with Gasteiger partial charge >= 0.3 is 0 Å². The molecule has 0 aromatic heterocycles. The zero-order valence-corrected chi connectivity index (χ0v) is 13.8. The van der Waals surface area contributed by atoms with Crippen LogP contribution in [0, 0.1) is 6.92 Å². The van der Waals surface area contributed by atoms with Crippen LogP contribution in [0.25, 0.3) is 0 Å². The highest BCUT2D eigenvalue weighted by Crippen LogP contribution is 2.34. The quantitative estimate of drug-likeness (QED) is 0.811. The molecule has 2 nitrogen and oxygen atoms in total. The van der Waals surface area contributed by atoms with Crippen LogP contribution >= 0.6 is 11.6 Å². The van der Waals surface area contributed by atoms with E-state index >= 15 is 0 Å². The van der Waals surface area contributed by atoms with Crippen LogP contribution in [0.5, 0.6) is 11.5 Å². The standard InChI is InChI=1S/C18H22ClNO/c1-12(2)15-10-18(13(3)9-16(15)19)21-17-8-6-5-7-14(17)11-20-4/h5-10,12,20H,11H2,1-4H3. The van der Waals surface area contributed by atoms with Crippen LogP contribution in [-0.2, 0) is 6.54 Å². The van der Waals surface area contributed by atoms with Crippen molar-refractivity contribution in [1.29, 1.82) is 0 Å². The first-order valence-electron chi connectivity index (χ1n) is 7.23. The summed E-state index contributed by atoms with van der Waals surface area (Å²) in [7, 11) is 1.93. The van der Waals surface area contributed by atoms with Crippen molar-refractivity contribution in [2.24, 2.45) is 0 Å². The molecule has 2 aromatic rings. The molecule has 0 bridgehead atoms. The molecule has 0 atom stereocenters. The highest BCUT2D eigenvalue weighted by Gasteiger charge is 2.12. The van der Waals surface area contributed by atoms with Gasteiger partial charge in [-0.05, 0) is 49.2 Å². The van der Waals surface area contributed by atoms with E-state index in [-0.39, 0.29) is 0 Å². The molecular weight excluding hydrogens is 282 g/mol. The second kappa shape index (κ2) is 6.97. The summed E-state index contributed by atoms with van der Waals surface area (Å²) in [4.78, 5) is 0. The van der Waals surface area contributed by atoms with E-state index in [0.717, 1.165) is 39.8 Å². The van der Waals surface area contributed by atoms with E-state index in [4.69, 9.17) is 16.3 Å². The normalized spacial score (nSPS) is 11.0. The first-order valence-corrected chi connectivity index (χ1v) is 7.61. The van der Waals surface area contributed by atoms with E-state index in [0.29, 0.717) is 5.92 Å². The molecule has 0 amide bonds. The Hall–Kier alpha value is -1.51. The van der Waals surface area contributed by atoms with Crippen LogP contribution in [0.4, 0.5) is 0 Å². The van der Waals surface area contributed by atoms with Gasteiger partial charge in [0.1, 0.15) is 11.5 Å². The minimum absolute atomic E-state index is 0.369. The van der Waals surface area contributed by atoms with E-state index in [1.807, 2.05) is 38.2 Å². The van der Waals surface area contributed by atoms with Gasteiger partial charge in [0, 0.05) is 17.1 Å². The van der Waals surface area contributed by atoms with Crippen molar-refractivity contribution >= 4 is 11.6 Å². The summed E-state index contributed by atoms with van der Waals surface area (Å²) < 4.78 is 6.14. The van der Waals surface area contributed by atoms with Gasteiger partial charge in [-0.2, -0.15) is 0 Å². The smallest absolute Gasteiger partial charge is 0.131 e. The summed E-state index contributed by atoms with van der Waals surface area (Å²) in [5, 5.41) is 3.97. The topological polar surface area (TPSA) is 21.3 Å². The minimum Gasteiger partial charge on any atom is -0.457 e. The fraction of sp³-hybridized carbons (Fsp3) is 0.333. The van der Waals surface area contributed by atoms with Gasteiger partial charge in [-0.3, -0.25) is 0 Å². The molecule has 21 heavy (non-hydrogen) atoms. The average molecular weight is 304 g/mol. The maximum absolute atomic E-state index is 6.31. The fourth-order valence-corrected chi connectivity index (χ4v) is 2.72. The third kappa shape index (κ3) is 3.78. The van der Waals surface area contributed by atoms with Crippen LogP contribution in [0.2, 0.25) is 5.02 Å². The van der Waals surface area contributed by atoms with Crippen molar-refractivity contribution < 1.29 is 4.74 Å². The number of hydrogen-bond donors (Lipinski definition) is 1. The molecule has 0 unspecified atom stereocenters. The highest BCUT2D eigenvalue weighted by molar-refractivity contribution is 6.31. The Balaban J connectivity index is 2.38. The molecule has 0 radical (unpaired) electrons. The van der Waals surface area contributed by atoms with Crippen molar-refractivity contribution in [2.75, 3.05) is 7.05 Å². The van der Waals surface area contributed by atoms with Crippen LogP contribution in [0.15, 0.2) is 36.4 Å². The average Bonchev–Trinajstić information content (AvgIpc) is 2.43. The lowest BCUT2D eigenvalue weighted by molar-refractivity contribution is 0.469. The lowest BCUT2D eigenvalue weighted by atomic mass is 10.0. The Labute approximate surface area is 132 Å². The van der Waals surface area contributed by atoms with Gasteiger partial charge < -0.3 is 10.1 Å². The Kier molecular flexibility index (Phi) is 5.27. The van der Waals surface area contributed by atoms with Crippen molar-refractivity contribution in [1.82, 2.24) is 5.32 Å². The number of benzene rings is 2. The van der Waals surface area contributed by atoms with E-state index < -0.39 is 0 Å². The summed E-state index contributed by atoms with van der Waals surface area (Å²) in [6, 6.07) is 12.1. The summed E-state index contributed by atoms with van der Waals surface area (Å²) in [6.45, 7) is 7.07. The summed E-state index contributed by atoms with van der Waals surface area (Å²) in [5.74, 6) is 2.12. The number of halogens is 1. The van der Waals surface area contributed by atoms with Crippen LogP contribution in [-0.4, -0.2) is 7.05 Å². The van der Waals surface area contributed by atoms with Gasteiger partial charge in [-0.1, -0.05) is 43.6 Å². The van der Waals surface area contributed by atoms with Gasteiger partial charge in [-0.25, -0.2) is 0 Å². The first-order chi connectivity index (χ1) is 10.0. The molecule has 1 N–H and O–H groups in total. The molecule has 3 heteroatoms. The molecular formula is C18H22ClNO. The summed E-state index contributed by atoms with van der Waals surface area (Å²) in [6.07, 6.45) is 0. The molecule has 0 spiro atoms. The number of ether oxygens (including phenoxy) is 1. The Morgan fingerprint density at radius 2 is 1.86 bits per heavy atom. The first kappa shape index (κ1) is 15.9.